The third-order valence-corrected chi connectivity index (χ3v) is 5.51. The number of methoxy groups -OCH3 is 1. The highest BCUT2D eigenvalue weighted by Gasteiger charge is 2.18. The zero-order chi connectivity index (χ0) is 23.4. The first-order chi connectivity index (χ1) is 15.9. The number of carbonyl (C=O) groups is 1. The first kappa shape index (κ1) is 22.3. The van der Waals surface area contributed by atoms with Gasteiger partial charge in [-0.05, 0) is 38.0 Å². The zero-order valence-electron chi connectivity index (χ0n) is 19.2. The second-order valence-corrected chi connectivity index (χ2v) is 8.08. The Balaban J connectivity index is 1.59. The molecule has 0 aliphatic carbocycles. The summed E-state index contributed by atoms with van der Waals surface area (Å²) in [7, 11) is 1.60. The van der Waals surface area contributed by atoms with Crippen LogP contribution in [0.5, 0.6) is 5.88 Å². The smallest absolute Gasteiger partial charge is 0.229 e. The molecule has 1 aliphatic heterocycles. The van der Waals surface area contributed by atoms with Crippen LogP contribution < -0.4 is 20.3 Å². The number of allylic oxidation sites excluding steroid dienone is 1. The number of hydrogen-bond acceptors (Lipinski definition) is 8. The first-order valence-corrected chi connectivity index (χ1v) is 10.9. The summed E-state index contributed by atoms with van der Waals surface area (Å²) in [5.74, 6) is 2.47. The van der Waals surface area contributed by atoms with E-state index < -0.39 is 0 Å². The summed E-state index contributed by atoms with van der Waals surface area (Å²) in [5, 5.41) is 6.64. The van der Waals surface area contributed by atoms with Crippen molar-refractivity contribution in [1.29, 1.82) is 0 Å². The molecule has 4 rings (SSSR count). The van der Waals surface area contributed by atoms with E-state index in [1.165, 1.54) is 6.08 Å². The van der Waals surface area contributed by atoms with E-state index in [-0.39, 0.29) is 12.2 Å². The number of ether oxygens (including phenoxy) is 1. The largest absolute Gasteiger partial charge is 0.481 e. The highest BCUT2D eigenvalue weighted by atomic mass is 16.5. The molecule has 0 atom stereocenters. The molecule has 0 bridgehead atoms. The Labute approximate surface area is 193 Å². The number of pyridine rings is 1. The van der Waals surface area contributed by atoms with Gasteiger partial charge in [0.1, 0.15) is 11.6 Å². The van der Waals surface area contributed by atoms with E-state index in [1.54, 1.807) is 13.3 Å². The van der Waals surface area contributed by atoms with Gasteiger partial charge in [-0.15, -0.1) is 0 Å². The van der Waals surface area contributed by atoms with Crippen molar-refractivity contribution in [1.82, 2.24) is 15.0 Å². The lowest BCUT2D eigenvalue weighted by Crippen LogP contribution is -2.37. The Morgan fingerprint density at radius 1 is 1.18 bits per heavy atom. The number of rotatable bonds is 9. The number of anilines is 5. The van der Waals surface area contributed by atoms with E-state index in [2.05, 4.69) is 37.1 Å². The van der Waals surface area contributed by atoms with Gasteiger partial charge in [0.15, 0.2) is 5.78 Å². The molecule has 0 spiro atoms. The predicted octanol–water partition coefficient (Wildman–Crippen LogP) is 4.49. The monoisotopic (exact) mass is 444 g/mol. The van der Waals surface area contributed by atoms with Crippen molar-refractivity contribution in [3.8, 4) is 5.88 Å². The number of carbonyl (C=O) groups excluding carboxylic acids is 1. The Morgan fingerprint density at radius 3 is 2.70 bits per heavy atom. The van der Waals surface area contributed by atoms with Gasteiger partial charge in [-0.3, -0.25) is 4.79 Å². The number of aromatic nitrogens is 3. The molecule has 8 heteroatoms. The van der Waals surface area contributed by atoms with Gasteiger partial charge >= 0.3 is 0 Å². The molecule has 1 aliphatic rings. The summed E-state index contributed by atoms with van der Waals surface area (Å²) in [6.07, 6.45) is 4.55. The van der Waals surface area contributed by atoms with Gasteiger partial charge in [0, 0.05) is 54.8 Å². The molecule has 8 nitrogen and oxygen atoms in total. The van der Waals surface area contributed by atoms with Crippen LogP contribution in [-0.4, -0.2) is 40.9 Å². The molecule has 0 radical (unpaired) electrons. The number of ketones is 1. The van der Waals surface area contributed by atoms with Crippen LogP contribution in [0.25, 0.3) is 0 Å². The van der Waals surface area contributed by atoms with Gasteiger partial charge < -0.3 is 20.3 Å². The number of aryl methyl sites for hydroxylation is 2. The minimum Gasteiger partial charge on any atom is -0.481 e. The topological polar surface area (TPSA) is 92.3 Å². The normalized spacial score (nSPS) is 12.6. The van der Waals surface area contributed by atoms with Gasteiger partial charge in [0.05, 0.1) is 7.11 Å². The standard InChI is InChI=1S/C25H28N6O2/c1-5-20(32)12-18-11-16(2)7-8-21(18)28-24-17(3)15-26-25(30-24)27-19-13-22(31-9-6-10-31)29-23(14-19)33-4/h5,7-8,11,13-15H,1,6,9-10,12H2,2-4H3,(H2,26,27,28,29,30). The van der Waals surface area contributed by atoms with E-state index in [1.807, 2.05) is 44.2 Å². The van der Waals surface area contributed by atoms with E-state index in [4.69, 9.17) is 4.74 Å². The molecule has 0 amide bonds. The molecule has 3 heterocycles. The molecule has 2 aromatic heterocycles. The Kier molecular flexibility index (Phi) is 6.53. The Morgan fingerprint density at radius 2 is 2.00 bits per heavy atom. The molecule has 1 aromatic carbocycles. The summed E-state index contributed by atoms with van der Waals surface area (Å²) in [4.78, 5) is 27.8. The Bertz CT molecular complexity index is 1190. The van der Waals surface area contributed by atoms with Gasteiger partial charge in [-0.25, -0.2) is 4.98 Å². The maximum Gasteiger partial charge on any atom is 0.229 e. The average Bonchev–Trinajstić information content (AvgIpc) is 2.76. The Hall–Kier alpha value is -3.94. The SMILES string of the molecule is C=CC(=O)Cc1cc(C)ccc1Nc1nc(Nc2cc(OC)nc(N3CCC3)c2)ncc1C. The summed E-state index contributed by atoms with van der Waals surface area (Å²) in [6, 6.07) is 9.75. The highest BCUT2D eigenvalue weighted by Crippen LogP contribution is 2.29. The third kappa shape index (κ3) is 5.28. The van der Waals surface area contributed by atoms with E-state index in [0.29, 0.717) is 17.6 Å². The van der Waals surface area contributed by atoms with E-state index in [0.717, 1.165) is 53.4 Å². The van der Waals surface area contributed by atoms with Crippen molar-refractivity contribution in [3.05, 3.63) is 65.9 Å². The fourth-order valence-electron chi connectivity index (χ4n) is 3.51. The lowest BCUT2D eigenvalue weighted by Gasteiger charge is -2.32. The summed E-state index contributed by atoms with van der Waals surface area (Å²) < 4.78 is 5.37. The van der Waals surface area contributed by atoms with Crippen molar-refractivity contribution in [3.63, 3.8) is 0 Å². The van der Waals surface area contributed by atoms with Crippen LogP contribution in [-0.2, 0) is 11.2 Å². The van der Waals surface area contributed by atoms with Crippen molar-refractivity contribution in [2.24, 2.45) is 0 Å². The highest BCUT2D eigenvalue weighted by molar-refractivity contribution is 5.92. The molecule has 3 aromatic rings. The van der Waals surface area contributed by atoms with Gasteiger partial charge in [0.25, 0.3) is 0 Å². The lowest BCUT2D eigenvalue weighted by molar-refractivity contribution is -0.114. The third-order valence-electron chi connectivity index (χ3n) is 5.51. The molecule has 0 saturated carbocycles. The quantitative estimate of drug-likeness (QED) is 0.467. The van der Waals surface area contributed by atoms with Crippen LogP contribution in [0.1, 0.15) is 23.1 Å². The molecular weight excluding hydrogens is 416 g/mol. The van der Waals surface area contributed by atoms with Crippen LogP contribution in [0.2, 0.25) is 0 Å². The maximum absolute atomic E-state index is 12.0. The zero-order valence-corrected chi connectivity index (χ0v) is 19.2. The minimum atomic E-state index is -0.0324. The van der Waals surface area contributed by atoms with Crippen LogP contribution in [0.3, 0.4) is 0 Å². The van der Waals surface area contributed by atoms with Crippen LogP contribution in [0, 0.1) is 13.8 Å². The predicted molar refractivity (Wildman–Crippen MR) is 131 cm³/mol. The molecule has 0 unspecified atom stereocenters. The van der Waals surface area contributed by atoms with Crippen LogP contribution in [0.15, 0.2) is 49.2 Å². The number of hydrogen-bond donors (Lipinski definition) is 2. The number of nitrogens with zero attached hydrogens (tertiary/aromatic N) is 4. The second-order valence-electron chi connectivity index (χ2n) is 8.08. The number of benzene rings is 1. The van der Waals surface area contributed by atoms with Crippen molar-refractivity contribution in [2.75, 3.05) is 35.7 Å². The van der Waals surface area contributed by atoms with Crippen molar-refractivity contribution >= 4 is 34.7 Å². The summed E-state index contributed by atoms with van der Waals surface area (Å²) in [5.41, 5.74) is 4.49. The molecule has 33 heavy (non-hydrogen) atoms. The second kappa shape index (κ2) is 9.68. The first-order valence-electron chi connectivity index (χ1n) is 10.9. The molecule has 2 N–H and O–H groups in total. The molecule has 170 valence electrons. The van der Waals surface area contributed by atoms with Crippen LogP contribution in [0.4, 0.5) is 29.0 Å². The van der Waals surface area contributed by atoms with Crippen LogP contribution >= 0.6 is 0 Å². The van der Waals surface area contributed by atoms with Crippen molar-refractivity contribution in [2.45, 2.75) is 26.7 Å². The van der Waals surface area contributed by atoms with E-state index >= 15 is 0 Å². The summed E-state index contributed by atoms with van der Waals surface area (Å²) in [6.45, 7) is 9.50. The lowest BCUT2D eigenvalue weighted by atomic mass is 10.0. The molecule has 1 fully saturated rings. The number of nitrogens with one attached hydrogen (secondary N) is 2. The minimum absolute atomic E-state index is 0.0324. The van der Waals surface area contributed by atoms with Gasteiger partial charge in [0.2, 0.25) is 11.8 Å². The summed E-state index contributed by atoms with van der Waals surface area (Å²) >= 11 is 0. The van der Waals surface area contributed by atoms with E-state index in [9.17, 15) is 4.79 Å². The van der Waals surface area contributed by atoms with Crippen molar-refractivity contribution < 1.29 is 9.53 Å². The van der Waals surface area contributed by atoms with Gasteiger partial charge in [-0.2, -0.15) is 9.97 Å². The fraction of sp³-hybridized carbons (Fsp3) is 0.280. The molecular formula is C25H28N6O2. The fourth-order valence-corrected chi connectivity index (χ4v) is 3.51. The maximum atomic E-state index is 12.0. The van der Waals surface area contributed by atoms with Gasteiger partial charge in [-0.1, -0.05) is 24.3 Å². The average molecular weight is 445 g/mol. The molecule has 1 saturated heterocycles.